The number of carbonyl (C=O) groups excluding carboxylic acids is 4. The Hall–Kier alpha value is -3.53. The second kappa shape index (κ2) is 9.95. The highest BCUT2D eigenvalue weighted by molar-refractivity contribution is 6.21. The Kier molecular flexibility index (Phi) is 6.83. The molecule has 0 radical (unpaired) electrons. The van der Waals surface area contributed by atoms with Gasteiger partial charge in [-0.1, -0.05) is 17.3 Å². The number of benzene rings is 1. The van der Waals surface area contributed by atoms with Crippen molar-refractivity contribution in [3.8, 4) is 0 Å². The average Bonchev–Trinajstić information content (AvgIpc) is 3.36. The Balaban J connectivity index is 1.11. The zero-order chi connectivity index (χ0) is 23.4. The third-order valence-electron chi connectivity index (χ3n) is 5.92. The van der Waals surface area contributed by atoms with E-state index >= 15 is 0 Å². The van der Waals surface area contributed by atoms with Crippen LogP contribution in [-0.4, -0.2) is 89.3 Å². The van der Waals surface area contributed by atoms with Crippen molar-refractivity contribution >= 4 is 23.6 Å². The molecular formula is C23H27N5O5. The van der Waals surface area contributed by atoms with Crippen molar-refractivity contribution in [3.05, 3.63) is 52.9 Å². The molecule has 174 valence electrons. The van der Waals surface area contributed by atoms with Crippen molar-refractivity contribution in [3.63, 3.8) is 0 Å². The van der Waals surface area contributed by atoms with Gasteiger partial charge in [0.1, 0.15) is 5.76 Å². The first-order valence-corrected chi connectivity index (χ1v) is 11.1. The number of carbonyl (C=O) groups is 4. The highest BCUT2D eigenvalue weighted by Gasteiger charge is 2.34. The summed E-state index contributed by atoms with van der Waals surface area (Å²) >= 11 is 0. The largest absolute Gasteiger partial charge is 0.361 e. The van der Waals surface area contributed by atoms with Crippen LogP contribution in [-0.2, 0) is 4.79 Å². The number of rotatable bonds is 8. The lowest BCUT2D eigenvalue weighted by Crippen LogP contribution is -2.50. The number of nitrogens with zero attached hydrogens (tertiary/aromatic N) is 4. The SMILES string of the molecule is Cc1cc(C(=O)N2CCN(CCNC(=O)CCCN3C(=O)c4ccccc4C3=O)CC2)no1. The summed E-state index contributed by atoms with van der Waals surface area (Å²) in [7, 11) is 0. The molecule has 4 amide bonds. The molecular weight excluding hydrogens is 426 g/mol. The second-order valence-electron chi connectivity index (χ2n) is 8.22. The fourth-order valence-corrected chi connectivity index (χ4v) is 4.09. The number of hydrogen-bond acceptors (Lipinski definition) is 7. The number of fused-ring (bicyclic) bond motifs is 1. The highest BCUT2D eigenvalue weighted by Crippen LogP contribution is 2.22. The van der Waals surface area contributed by atoms with Crippen LogP contribution in [0, 0.1) is 6.92 Å². The van der Waals surface area contributed by atoms with Crippen molar-refractivity contribution in [2.24, 2.45) is 0 Å². The molecule has 0 spiro atoms. The minimum atomic E-state index is -0.299. The molecule has 0 unspecified atom stereocenters. The third kappa shape index (κ3) is 5.11. The summed E-state index contributed by atoms with van der Waals surface area (Å²) in [5, 5.41) is 6.67. The van der Waals surface area contributed by atoms with Gasteiger partial charge in [0, 0.05) is 58.3 Å². The number of piperazine rings is 1. The monoisotopic (exact) mass is 453 g/mol. The summed E-state index contributed by atoms with van der Waals surface area (Å²) in [5.74, 6) is -0.226. The van der Waals surface area contributed by atoms with Crippen LogP contribution in [0.25, 0.3) is 0 Å². The molecule has 1 N–H and O–H groups in total. The Morgan fingerprint density at radius 3 is 2.30 bits per heavy atom. The molecule has 2 aromatic rings. The van der Waals surface area contributed by atoms with Crippen LogP contribution in [0.5, 0.6) is 0 Å². The van der Waals surface area contributed by atoms with Crippen molar-refractivity contribution in [1.82, 2.24) is 25.2 Å². The summed E-state index contributed by atoms with van der Waals surface area (Å²) < 4.78 is 4.97. The van der Waals surface area contributed by atoms with Gasteiger partial charge in [-0.25, -0.2) is 0 Å². The van der Waals surface area contributed by atoms with Gasteiger partial charge in [-0.3, -0.25) is 29.0 Å². The van der Waals surface area contributed by atoms with Crippen LogP contribution in [0.3, 0.4) is 0 Å². The van der Waals surface area contributed by atoms with E-state index in [2.05, 4.69) is 15.4 Å². The number of amides is 4. The summed E-state index contributed by atoms with van der Waals surface area (Å²) in [6.07, 6.45) is 0.659. The Morgan fingerprint density at radius 1 is 1.03 bits per heavy atom. The molecule has 1 aromatic heterocycles. The normalized spacial score (nSPS) is 16.3. The van der Waals surface area contributed by atoms with Crippen molar-refractivity contribution in [2.75, 3.05) is 45.8 Å². The maximum absolute atomic E-state index is 12.4. The van der Waals surface area contributed by atoms with Crippen LogP contribution in [0.1, 0.15) is 49.8 Å². The van der Waals surface area contributed by atoms with Gasteiger partial charge in [0.15, 0.2) is 5.69 Å². The summed E-state index contributed by atoms with van der Waals surface area (Å²) in [6, 6.07) is 8.39. The summed E-state index contributed by atoms with van der Waals surface area (Å²) in [5.41, 5.74) is 1.17. The predicted octanol–water partition coefficient (Wildman–Crippen LogP) is 0.933. The molecule has 4 rings (SSSR count). The van der Waals surface area contributed by atoms with Gasteiger partial charge in [-0.15, -0.1) is 0 Å². The van der Waals surface area contributed by atoms with Gasteiger partial charge in [0.25, 0.3) is 17.7 Å². The van der Waals surface area contributed by atoms with E-state index < -0.39 is 0 Å². The van der Waals surface area contributed by atoms with E-state index in [1.165, 1.54) is 4.90 Å². The Morgan fingerprint density at radius 2 is 1.70 bits per heavy atom. The molecule has 0 aliphatic carbocycles. The van der Waals surface area contributed by atoms with E-state index in [9.17, 15) is 19.2 Å². The topological polar surface area (TPSA) is 116 Å². The smallest absolute Gasteiger partial charge is 0.276 e. The first-order valence-electron chi connectivity index (χ1n) is 11.1. The average molecular weight is 453 g/mol. The van der Waals surface area contributed by atoms with E-state index in [1.807, 2.05) is 0 Å². The van der Waals surface area contributed by atoms with Gasteiger partial charge in [0.2, 0.25) is 5.91 Å². The van der Waals surface area contributed by atoms with E-state index in [4.69, 9.17) is 4.52 Å². The predicted molar refractivity (Wildman–Crippen MR) is 118 cm³/mol. The molecule has 10 heteroatoms. The van der Waals surface area contributed by atoms with Crippen LogP contribution >= 0.6 is 0 Å². The van der Waals surface area contributed by atoms with Gasteiger partial charge in [-0.05, 0) is 25.5 Å². The second-order valence-corrected chi connectivity index (χ2v) is 8.22. The van der Waals surface area contributed by atoms with Crippen molar-refractivity contribution < 1.29 is 23.7 Å². The lowest BCUT2D eigenvalue weighted by atomic mass is 10.1. The van der Waals surface area contributed by atoms with Gasteiger partial charge in [-0.2, -0.15) is 0 Å². The lowest BCUT2D eigenvalue weighted by molar-refractivity contribution is -0.121. The number of nitrogens with one attached hydrogen (secondary N) is 1. The van der Waals surface area contributed by atoms with E-state index in [1.54, 1.807) is 42.2 Å². The quantitative estimate of drug-likeness (QED) is 0.591. The van der Waals surface area contributed by atoms with Crippen LogP contribution in [0.15, 0.2) is 34.9 Å². The molecule has 1 saturated heterocycles. The van der Waals surface area contributed by atoms with Crippen molar-refractivity contribution in [1.29, 1.82) is 0 Å². The summed E-state index contributed by atoms with van der Waals surface area (Å²) in [4.78, 5) is 54.4. The van der Waals surface area contributed by atoms with Gasteiger partial charge < -0.3 is 14.7 Å². The number of hydrogen-bond donors (Lipinski definition) is 1. The first-order chi connectivity index (χ1) is 15.9. The zero-order valence-electron chi connectivity index (χ0n) is 18.6. The van der Waals surface area contributed by atoms with E-state index in [0.717, 1.165) is 13.1 Å². The highest BCUT2D eigenvalue weighted by atomic mass is 16.5. The van der Waals surface area contributed by atoms with Crippen LogP contribution < -0.4 is 5.32 Å². The number of aryl methyl sites for hydroxylation is 1. The Bertz CT molecular complexity index is 1020. The molecule has 1 aromatic carbocycles. The molecule has 0 bridgehead atoms. The van der Waals surface area contributed by atoms with Crippen LogP contribution in [0.2, 0.25) is 0 Å². The fraction of sp³-hybridized carbons (Fsp3) is 0.435. The molecule has 0 saturated carbocycles. The van der Waals surface area contributed by atoms with Crippen LogP contribution in [0.4, 0.5) is 0 Å². The molecule has 3 heterocycles. The van der Waals surface area contributed by atoms with Gasteiger partial charge >= 0.3 is 0 Å². The molecule has 10 nitrogen and oxygen atoms in total. The minimum absolute atomic E-state index is 0.109. The number of aromatic nitrogens is 1. The zero-order valence-corrected chi connectivity index (χ0v) is 18.6. The molecule has 2 aliphatic heterocycles. The Labute approximate surface area is 191 Å². The summed E-state index contributed by atoms with van der Waals surface area (Å²) in [6.45, 7) is 5.80. The first kappa shape index (κ1) is 22.7. The number of imide groups is 1. The van der Waals surface area contributed by atoms with E-state index in [0.29, 0.717) is 55.2 Å². The fourth-order valence-electron chi connectivity index (χ4n) is 4.09. The third-order valence-corrected chi connectivity index (χ3v) is 5.92. The molecule has 2 aliphatic rings. The van der Waals surface area contributed by atoms with Gasteiger partial charge in [0.05, 0.1) is 11.1 Å². The molecule has 0 atom stereocenters. The standard InChI is InChI=1S/C23H27N5O5/c1-16-15-19(25-33-16)23(32)27-13-11-26(12-14-27)10-8-24-20(29)7-4-9-28-21(30)17-5-2-3-6-18(17)22(28)31/h2-3,5-6,15H,4,7-14H2,1H3,(H,24,29). The minimum Gasteiger partial charge on any atom is -0.361 e. The lowest BCUT2D eigenvalue weighted by Gasteiger charge is -2.34. The maximum atomic E-state index is 12.4. The van der Waals surface area contributed by atoms with E-state index in [-0.39, 0.29) is 36.6 Å². The van der Waals surface area contributed by atoms with Crippen molar-refractivity contribution in [2.45, 2.75) is 19.8 Å². The molecule has 1 fully saturated rings. The maximum Gasteiger partial charge on any atom is 0.276 e. The molecule has 33 heavy (non-hydrogen) atoms.